The zero-order chi connectivity index (χ0) is 28.8. The lowest BCUT2D eigenvalue weighted by molar-refractivity contribution is -0.167. The van der Waals surface area contributed by atoms with E-state index in [4.69, 9.17) is 4.74 Å². The molecule has 1 unspecified atom stereocenters. The lowest BCUT2D eigenvalue weighted by Gasteiger charge is -2.57. The first kappa shape index (κ1) is 27.4. The minimum Gasteiger partial charge on any atom is -0.508 e. The van der Waals surface area contributed by atoms with Gasteiger partial charge in [0.05, 0.1) is 24.4 Å². The fourth-order valence-corrected chi connectivity index (χ4v) is 7.37. The van der Waals surface area contributed by atoms with Crippen molar-refractivity contribution < 1.29 is 24.2 Å². The van der Waals surface area contributed by atoms with Crippen molar-refractivity contribution in [2.45, 2.75) is 56.8 Å². The van der Waals surface area contributed by atoms with Gasteiger partial charge in [-0.1, -0.05) is 56.3 Å². The Morgan fingerprint density at radius 3 is 2.24 bits per heavy atom. The quantitative estimate of drug-likeness (QED) is 0.347. The average molecular weight is 572 g/mol. The van der Waals surface area contributed by atoms with E-state index in [1.807, 2.05) is 68.4 Å². The van der Waals surface area contributed by atoms with E-state index in [0.717, 1.165) is 41.5 Å². The highest BCUT2D eigenvalue weighted by atomic mass is 32.2. The first-order chi connectivity index (χ1) is 19.8. The molecule has 1 atom stereocenters. The number of carbonyl (C=O) groups excluding carboxylic acids is 3. The third-order valence-electron chi connectivity index (χ3n) is 7.97. The van der Waals surface area contributed by atoms with Gasteiger partial charge >= 0.3 is 0 Å². The maximum Gasteiger partial charge on any atom is 0.295 e. The van der Waals surface area contributed by atoms with Crippen molar-refractivity contribution in [2.24, 2.45) is 5.92 Å². The molecule has 2 aliphatic heterocycles. The SMILES string of the molecule is CC(C)COC1(N2C(=O)c3ccccc3N(c3ccc(O)cc3)C23CCCC3)SC(=O)N(Cc2ccccc2)C1=O. The first-order valence-electron chi connectivity index (χ1n) is 14.0. The first-order valence-corrected chi connectivity index (χ1v) is 14.8. The van der Waals surface area contributed by atoms with Gasteiger partial charge < -0.3 is 14.7 Å². The molecule has 2 fully saturated rings. The molecule has 1 spiro atoms. The number of amides is 3. The number of thioether (sulfide) groups is 1. The molecule has 9 heteroatoms. The zero-order valence-corrected chi connectivity index (χ0v) is 24.0. The van der Waals surface area contributed by atoms with E-state index in [1.54, 1.807) is 29.2 Å². The lowest BCUT2D eigenvalue weighted by Crippen LogP contribution is -2.72. The van der Waals surface area contributed by atoms with Crippen LogP contribution in [0.3, 0.4) is 0 Å². The molecular weight excluding hydrogens is 538 g/mol. The number of ether oxygens (including phenoxy) is 1. The highest BCUT2D eigenvalue weighted by Gasteiger charge is 2.68. The molecule has 6 rings (SSSR count). The summed E-state index contributed by atoms with van der Waals surface area (Å²) in [6.07, 6.45) is 2.84. The molecule has 3 aliphatic rings. The number of aromatic hydroxyl groups is 1. The minimum atomic E-state index is -1.87. The van der Waals surface area contributed by atoms with Gasteiger partial charge in [-0.3, -0.25) is 24.2 Å². The average Bonchev–Trinajstić information content (AvgIpc) is 3.53. The van der Waals surface area contributed by atoms with Gasteiger partial charge in [-0.05, 0) is 73.6 Å². The van der Waals surface area contributed by atoms with Crippen LogP contribution in [0.5, 0.6) is 5.75 Å². The fourth-order valence-electron chi connectivity index (χ4n) is 6.21. The van der Waals surface area contributed by atoms with Crippen molar-refractivity contribution in [3.05, 3.63) is 90.0 Å². The molecule has 1 saturated heterocycles. The highest BCUT2D eigenvalue weighted by Crippen LogP contribution is 2.56. The van der Waals surface area contributed by atoms with E-state index in [9.17, 15) is 19.5 Å². The standard InChI is InChI=1S/C32H33N3O5S/c1-22(2)21-40-32(29(38)33(30(39)41-32)20-23-10-4-3-5-11-23)35-28(37)26-12-6-7-13-27(26)34(31(35)18-8-9-19-31)24-14-16-25(36)17-15-24/h3-7,10-17,22,36H,8-9,18-21H2,1-2H3. The van der Waals surface area contributed by atoms with Gasteiger partial charge in [0.25, 0.3) is 22.1 Å². The summed E-state index contributed by atoms with van der Waals surface area (Å²) in [6.45, 7) is 4.23. The van der Waals surface area contributed by atoms with Gasteiger partial charge in [0.1, 0.15) is 11.4 Å². The number of phenolic OH excluding ortho intramolecular Hbond substituents is 1. The van der Waals surface area contributed by atoms with Crippen LogP contribution < -0.4 is 4.90 Å². The van der Waals surface area contributed by atoms with E-state index >= 15 is 0 Å². The number of carbonyl (C=O) groups is 3. The molecule has 1 N–H and O–H groups in total. The number of imide groups is 1. The van der Waals surface area contributed by atoms with Gasteiger partial charge in [0.15, 0.2) is 0 Å². The second-order valence-corrected chi connectivity index (χ2v) is 12.3. The van der Waals surface area contributed by atoms with Crippen molar-refractivity contribution >= 4 is 40.2 Å². The van der Waals surface area contributed by atoms with Crippen LogP contribution in [0.2, 0.25) is 0 Å². The Hall–Kier alpha value is -3.82. The van der Waals surface area contributed by atoms with Gasteiger partial charge in [-0.25, -0.2) is 0 Å². The molecule has 1 saturated carbocycles. The van der Waals surface area contributed by atoms with Crippen molar-refractivity contribution in [3.8, 4) is 5.75 Å². The summed E-state index contributed by atoms with van der Waals surface area (Å²) >= 11 is 0.790. The summed E-state index contributed by atoms with van der Waals surface area (Å²) in [7, 11) is 0. The maximum atomic E-state index is 14.6. The monoisotopic (exact) mass is 571 g/mol. The lowest BCUT2D eigenvalue weighted by atomic mass is 9.92. The Balaban J connectivity index is 1.54. The largest absolute Gasteiger partial charge is 0.508 e. The van der Waals surface area contributed by atoms with E-state index < -0.39 is 21.9 Å². The Labute approximate surface area is 243 Å². The molecule has 41 heavy (non-hydrogen) atoms. The summed E-state index contributed by atoms with van der Waals surface area (Å²) in [6, 6.07) is 23.6. The number of benzene rings is 3. The third kappa shape index (κ3) is 4.48. The van der Waals surface area contributed by atoms with E-state index in [2.05, 4.69) is 4.90 Å². The van der Waals surface area contributed by atoms with Crippen LogP contribution in [0, 0.1) is 5.92 Å². The number of phenols is 1. The number of rotatable bonds is 7. The van der Waals surface area contributed by atoms with Crippen LogP contribution in [0.1, 0.15) is 55.5 Å². The number of nitrogens with zero attached hydrogens (tertiary/aromatic N) is 3. The maximum absolute atomic E-state index is 14.6. The minimum absolute atomic E-state index is 0.0541. The summed E-state index contributed by atoms with van der Waals surface area (Å²) in [5, 5.41) is 7.74. The normalized spacial score (nSPS) is 21.8. The smallest absolute Gasteiger partial charge is 0.295 e. The molecule has 1 aliphatic carbocycles. The van der Waals surface area contributed by atoms with Gasteiger partial charge in [0.2, 0.25) is 0 Å². The molecule has 0 radical (unpaired) electrons. The molecule has 8 nitrogen and oxygen atoms in total. The number of hydrogen-bond donors (Lipinski definition) is 1. The molecule has 3 aromatic rings. The third-order valence-corrected chi connectivity index (χ3v) is 9.12. The second kappa shape index (κ2) is 10.5. The van der Waals surface area contributed by atoms with Crippen LogP contribution in [-0.2, 0) is 16.1 Å². The highest BCUT2D eigenvalue weighted by molar-refractivity contribution is 8.15. The van der Waals surface area contributed by atoms with Crippen molar-refractivity contribution in [2.75, 3.05) is 11.5 Å². The molecular formula is C32H33N3O5S. The predicted octanol–water partition coefficient (Wildman–Crippen LogP) is 6.48. The predicted molar refractivity (Wildman–Crippen MR) is 158 cm³/mol. The van der Waals surface area contributed by atoms with Crippen molar-refractivity contribution in [1.29, 1.82) is 0 Å². The van der Waals surface area contributed by atoms with Crippen molar-refractivity contribution in [3.63, 3.8) is 0 Å². The number of hydrogen-bond acceptors (Lipinski definition) is 7. The van der Waals surface area contributed by atoms with Crippen LogP contribution in [0.15, 0.2) is 78.9 Å². The van der Waals surface area contributed by atoms with E-state index in [-0.39, 0.29) is 30.7 Å². The number of para-hydroxylation sites is 1. The second-order valence-electron chi connectivity index (χ2n) is 11.2. The van der Waals surface area contributed by atoms with Crippen molar-refractivity contribution in [1.82, 2.24) is 9.80 Å². The Morgan fingerprint density at radius 2 is 1.56 bits per heavy atom. The van der Waals surface area contributed by atoms with Gasteiger partial charge in [-0.2, -0.15) is 0 Å². The van der Waals surface area contributed by atoms with Crippen LogP contribution in [0.25, 0.3) is 0 Å². The number of anilines is 2. The van der Waals surface area contributed by atoms with Crippen LogP contribution in [0.4, 0.5) is 16.2 Å². The molecule has 0 aromatic heterocycles. The van der Waals surface area contributed by atoms with Gasteiger partial charge in [-0.15, -0.1) is 0 Å². The van der Waals surface area contributed by atoms with E-state index in [0.29, 0.717) is 18.4 Å². The summed E-state index contributed by atoms with van der Waals surface area (Å²) in [5.74, 6) is -0.690. The molecule has 2 heterocycles. The zero-order valence-electron chi connectivity index (χ0n) is 23.2. The molecule has 3 amide bonds. The van der Waals surface area contributed by atoms with Crippen LogP contribution >= 0.6 is 11.8 Å². The summed E-state index contributed by atoms with van der Waals surface area (Å²) in [5.41, 5.74) is 1.77. The fraction of sp³-hybridized carbons (Fsp3) is 0.344. The Kier molecular flexibility index (Phi) is 7.03. The molecule has 212 valence electrons. The Bertz CT molecular complexity index is 1470. The summed E-state index contributed by atoms with van der Waals surface area (Å²) in [4.78, 5) is 47.7. The Morgan fingerprint density at radius 1 is 0.902 bits per heavy atom. The van der Waals surface area contributed by atoms with Crippen LogP contribution in [-0.4, -0.2) is 49.3 Å². The molecule has 0 bridgehead atoms. The van der Waals surface area contributed by atoms with Gasteiger partial charge in [0, 0.05) is 17.4 Å². The summed E-state index contributed by atoms with van der Waals surface area (Å²) < 4.78 is 6.51. The number of fused-ring (bicyclic) bond motifs is 1. The molecule has 3 aromatic carbocycles. The topological polar surface area (TPSA) is 90.4 Å². The van der Waals surface area contributed by atoms with E-state index in [1.165, 1.54) is 4.90 Å².